The molecule has 1 aromatic heterocycles. The number of benzene rings is 2. The van der Waals surface area contributed by atoms with Crippen molar-refractivity contribution in [3.8, 4) is 22.5 Å². The highest BCUT2D eigenvalue weighted by Gasteiger charge is 2.13. The minimum atomic E-state index is 0.420. The zero-order valence-corrected chi connectivity index (χ0v) is 13.2. The topological polar surface area (TPSA) is 27.1 Å². The van der Waals surface area contributed by atoms with Gasteiger partial charge in [0.25, 0.3) is 0 Å². The molecule has 0 N–H and O–H groups in total. The Morgan fingerprint density at radius 2 is 1.76 bits per heavy atom. The lowest BCUT2D eigenvalue weighted by molar-refractivity contribution is 0.122. The number of ether oxygens (including phenoxy) is 1. The molecule has 3 nitrogen and oxygen atoms in total. The van der Waals surface area contributed by atoms with Crippen molar-refractivity contribution in [2.75, 3.05) is 7.11 Å². The van der Waals surface area contributed by atoms with Crippen LogP contribution in [0, 0.1) is 0 Å². The van der Waals surface area contributed by atoms with Gasteiger partial charge in [-0.1, -0.05) is 64.5 Å². The third-order valence-corrected chi connectivity index (χ3v) is 3.94. The summed E-state index contributed by atoms with van der Waals surface area (Å²) in [6, 6.07) is 20.4. The largest absolute Gasteiger partial charge is 0.362 e. The second kappa shape index (κ2) is 6.24. The van der Waals surface area contributed by atoms with E-state index < -0.39 is 0 Å². The molecule has 3 aromatic rings. The van der Waals surface area contributed by atoms with Crippen molar-refractivity contribution < 1.29 is 4.74 Å². The van der Waals surface area contributed by atoms with E-state index in [9.17, 15) is 0 Å². The molecule has 4 heteroatoms. The van der Waals surface area contributed by atoms with E-state index in [1.54, 1.807) is 7.11 Å². The molecule has 21 heavy (non-hydrogen) atoms. The first kappa shape index (κ1) is 14.0. The molecule has 0 fully saturated rings. The van der Waals surface area contributed by atoms with Crippen molar-refractivity contribution in [2.45, 2.75) is 6.73 Å². The average molecular weight is 343 g/mol. The van der Waals surface area contributed by atoms with Gasteiger partial charge in [-0.3, -0.25) is 0 Å². The maximum Gasteiger partial charge on any atom is 0.139 e. The van der Waals surface area contributed by atoms with Crippen LogP contribution < -0.4 is 0 Å². The van der Waals surface area contributed by atoms with E-state index in [1.807, 2.05) is 41.1 Å². The van der Waals surface area contributed by atoms with Gasteiger partial charge in [-0.15, -0.1) is 0 Å². The molecule has 0 saturated heterocycles. The second-order valence-electron chi connectivity index (χ2n) is 4.68. The molecule has 106 valence electrons. The Hall–Kier alpha value is -1.91. The Bertz CT molecular complexity index is 738. The summed E-state index contributed by atoms with van der Waals surface area (Å²) < 4.78 is 8.19. The van der Waals surface area contributed by atoms with Crippen LogP contribution in [0.4, 0.5) is 0 Å². The quantitative estimate of drug-likeness (QED) is 0.693. The van der Waals surface area contributed by atoms with E-state index in [2.05, 4.69) is 45.3 Å². The molecule has 3 rings (SSSR count). The van der Waals surface area contributed by atoms with Crippen molar-refractivity contribution in [2.24, 2.45) is 0 Å². The summed E-state index contributed by atoms with van der Waals surface area (Å²) in [5.41, 5.74) is 4.17. The molecule has 0 amide bonds. The summed E-state index contributed by atoms with van der Waals surface area (Å²) in [7, 11) is 1.67. The lowest BCUT2D eigenvalue weighted by Crippen LogP contribution is -2.04. The Kier molecular flexibility index (Phi) is 4.18. The minimum Gasteiger partial charge on any atom is -0.362 e. The lowest BCUT2D eigenvalue weighted by Gasteiger charge is -2.07. The number of nitrogens with zero attached hydrogens (tertiary/aromatic N) is 2. The SMILES string of the molecule is COCn1nc(-c2ccccc2)cc1-c1ccccc1Br. The number of halogens is 1. The maximum atomic E-state index is 5.26. The molecule has 0 saturated carbocycles. The van der Waals surface area contributed by atoms with Crippen LogP contribution in [0.1, 0.15) is 0 Å². The predicted octanol–water partition coefficient (Wildman–Crippen LogP) is 4.58. The average Bonchev–Trinajstić information content (AvgIpc) is 2.93. The van der Waals surface area contributed by atoms with Crippen LogP contribution in [0.25, 0.3) is 22.5 Å². The van der Waals surface area contributed by atoms with Gasteiger partial charge in [-0.05, 0) is 12.1 Å². The standard InChI is InChI=1S/C17H15BrN2O/c1-21-12-20-17(14-9-5-6-10-15(14)18)11-16(19-20)13-7-3-2-4-8-13/h2-11H,12H2,1H3. The van der Waals surface area contributed by atoms with Gasteiger partial charge < -0.3 is 4.74 Å². The molecule has 2 aromatic carbocycles. The van der Waals surface area contributed by atoms with Gasteiger partial charge in [-0.25, -0.2) is 4.68 Å². The zero-order chi connectivity index (χ0) is 14.7. The fraction of sp³-hybridized carbons (Fsp3) is 0.118. The van der Waals surface area contributed by atoms with E-state index in [0.29, 0.717) is 6.73 Å². The van der Waals surface area contributed by atoms with Crippen molar-refractivity contribution in [1.82, 2.24) is 9.78 Å². The van der Waals surface area contributed by atoms with Gasteiger partial charge in [0.2, 0.25) is 0 Å². The Labute approximate surface area is 132 Å². The number of rotatable bonds is 4. The van der Waals surface area contributed by atoms with E-state index in [0.717, 1.165) is 27.0 Å². The van der Waals surface area contributed by atoms with Crippen molar-refractivity contribution in [3.63, 3.8) is 0 Å². The minimum absolute atomic E-state index is 0.420. The van der Waals surface area contributed by atoms with Crippen LogP contribution in [0.2, 0.25) is 0 Å². The van der Waals surface area contributed by atoms with Crippen molar-refractivity contribution >= 4 is 15.9 Å². The highest BCUT2D eigenvalue weighted by Crippen LogP contribution is 2.31. The molecule has 0 aliphatic rings. The van der Waals surface area contributed by atoms with Gasteiger partial charge in [-0.2, -0.15) is 5.10 Å². The third-order valence-electron chi connectivity index (χ3n) is 3.25. The van der Waals surface area contributed by atoms with E-state index in [1.165, 1.54) is 0 Å². The molecular formula is C17H15BrN2O. The van der Waals surface area contributed by atoms with E-state index in [4.69, 9.17) is 4.74 Å². The van der Waals surface area contributed by atoms with Gasteiger partial charge in [0.05, 0.1) is 11.4 Å². The Balaban J connectivity index is 2.12. The summed E-state index contributed by atoms with van der Waals surface area (Å²) in [6.45, 7) is 0.420. The van der Waals surface area contributed by atoms with E-state index >= 15 is 0 Å². The predicted molar refractivity (Wildman–Crippen MR) is 87.8 cm³/mol. The number of methoxy groups -OCH3 is 1. The number of hydrogen-bond acceptors (Lipinski definition) is 2. The van der Waals surface area contributed by atoms with Gasteiger partial charge >= 0.3 is 0 Å². The molecule has 0 atom stereocenters. The highest BCUT2D eigenvalue weighted by molar-refractivity contribution is 9.10. The fourth-order valence-electron chi connectivity index (χ4n) is 2.27. The summed E-state index contributed by atoms with van der Waals surface area (Å²) in [6.07, 6.45) is 0. The van der Waals surface area contributed by atoms with Crippen LogP contribution in [0.15, 0.2) is 65.1 Å². The number of aromatic nitrogens is 2. The van der Waals surface area contributed by atoms with Gasteiger partial charge in [0.15, 0.2) is 0 Å². The van der Waals surface area contributed by atoms with Gasteiger partial charge in [0, 0.05) is 22.7 Å². The smallest absolute Gasteiger partial charge is 0.139 e. The first-order valence-electron chi connectivity index (χ1n) is 6.66. The molecule has 0 aliphatic carbocycles. The molecular weight excluding hydrogens is 328 g/mol. The molecule has 0 unspecified atom stereocenters. The highest BCUT2D eigenvalue weighted by atomic mass is 79.9. The number of hydrogen-bond donors (Lipinski definition) is 0. The normalized spacial score (nSPS) is 10.8. The zero-order valence-electron chi connectivity index (χ0n) is 11.7. The molecule has 1 heterocycles. The summed E-state index contributed by atoms with van der Waals surface area (Å²) in [5, 5.41) is 4.66. The second-order valence-corrected chi connectivity index (χ2v) is 5.53. The third kappa shape index (κ3) is 2.91. The van der Waals surface area contributed by atoms with Crippen LogP contribution in [-0.2, 0) is 11.5 Å². The van der Waals surface area contributed by atoms with Crippen LogP contribution in [0.3, 0.4) is 0 Å². The first-order chi connectivity index (χ1) is 10.3. The molecule has 0 bridgehead atoms. The van der Waals surface area contributed by atoms with Gasteiger partial charge in [0.1, 0.15) is 6.73 Å². The lowest BCUT2D eigenvalue weighted by atomic mass is 10.1. The molecule has 0 radical (unpaired) electrons. The Morgan fingerprint density at radius 3 is 2.48 bits per heavy atom. The first-order valence-corrected chi connectivity index (χ1v) is 7.46. The Morgan fingerprint density at radius 1 is 1.05 bits per heavy atom. The summed E-state index contributed by atoms with van der Waals surface area (Å²) >= 11 is 3.60. The van der Waals surface area contributed by atoms with E-state index in [-0.39, 0.29) is 0 Å². The van der Waals surface area contributed by atoms with Crippen LogP contribution in [-0.4, -0.2) is 16.9 Å². The van der Waals surface area contributed by atoms with Crippen LogP contribution in [0.5, 0.6) is 0 Å². The van der Waals surface area contributed by atoms with Crippen LogP contribution >= 0.6 is 15.9 Å². The maximum absolute atomic E-state index is 5.26. The fourth-order valence-corrected chi connectivity index (χ4v) is 2.76. The van der Waals surface area contributed by atoms with Crippen molar-refractivity contribution in [3.05, 3.63) is 65.1 Å². The molecule has 0 spiro atoms. The summed E-state index contributed by atoms with van der Waals surface area (Å²) in [5.74, 6) is 0. The summed E-state index contributed by atoms with van der Waals surface area (Å²) in [4.78, 5) is 0. The molecule has 0 aliphatic heterocycles. The monoisotopic (exact) mass is 342 g/mol. The van der Waals surface area contributed by atoms with Crippen molar-refractivity contribution in [1.29, 1.82) is 0 Å².